The quantitative estimate of drug-likeness (QED) is 0.723. The van der Waals surface area contributed by atoms with E-state index in [1.165, 1.54) is 4.57 Å². The molecule has 2 rings (SSSR count). The molecule has 0 unspecified atom stereocenters. The van der Waals surface area contributed by atoms with Gasteiger partial charge in [0.15, 0.2) is 0 Å². The summed E-state index contributed by atoms with van der Waals surface area (Å²) in [7, 11) is -4.77. The average Bonchev–Trinajstić information content (AvgIpc) is 2.43. The minimum atomic E-state index is -4.77. The van der Waals surface area contributed by atoms with Gasteiger partial charge in [-0.25, -0.2) is 0 Å². The Morgan fingerprint density at radius 3 is 2.60 bits per heavy atom. The molecule has 1 aliphatic heterocycles. The molecule has 0 spiro atoms. The summed E-state index contributed by atoms with van der Waals surface area (Å²) in [6, 6.07) is 0. The highest BCUT2D eigenvalue weighted by atomic mass is 32.3. The summed E-state index contributed by atoms with van der Waals surface area (Å²) >= 11 is 0. The van der Waals surface area contributed by atoms with Crippen molar-refractivity contribution in [2.75, 3.05) is 13.1 Å². The second-order valence-corrected chi connectivity index (χ2v) is 4.62. The normalized spacial score (nSPS) is 17.7. The minimum Gasteiger partial charge on any atom is -0.315 e. The lowest BCUT2D eigenvalue weighted by atomic mass is 10.0. The van der Waals surface area contributed by atoms with Gasteiger partial charge in [0.1, 0.15) is 5.82 Å². The zero-order valence-electron chi connectivity index (χ0n) is 8.14. The van der Waals surface area contributed by atoms with Gasteiger partial charge >= 0.3 is 10.2 Å². The van der Waals surface area contributed by atoms with E-state index in [-0.39, 0.29) is 5.92 Å². The number of nitrogens with one attached hydrogen (secondary N) is 1. The predicted molar refractivity (Wildman–Crippen MR) is 49.6 cm³/mol. The third kappa shape index (κ3) is 1.74. The Bertz CT molecular complexity index is 465. The molecule has 84 valence electrons. The molecular weight excluding hydrogens is 223 g/mol. The lowest BCUT2D eigenvalue weighted by Crippen LogP contribution is -2.41. The number of halogens is 1. The molecular formula is C7H11FN4O2S. The topological polar surface area (TPSA) is 76.9 Å². The van der Waals surface area contributed by atoms with Crippen LogP contribution in [0.3, 0.4) is 0 Å². The number of rotatable bonds is 3. The first-order chi connectivity index (χ1) is 7.04. The molecule has 1 aromatic rings. The number of hydrogen-bond acceptors (Lipinski definition) is 5. The van der Waals surface area contributed by atoms with Crippen LogP contribution in [0.15, 0.2) is 5.16 Å². The van der Waals surface area contributed by atoms with Crippen LogP contribution in [0.5, 0.6) is 0 Å². The second-order valence-electron chi connectivity index (χ2n) is 3.38. The largest absolute Gasteiger partial charge is 0.368 e. The van der Waals surface area contributed by atoms with Crippen LogP contribution >= 0.6 is 0 Å². The SMILES string of the molecule is CCn1c(C2CNC2)nnc1S(=O)(=O)F. The summed E-state index contributed by atoms with van der Waals surface area (Å²) in [6.07, 6.45) is 0. The van der Waals surface area contributed by atoms with Gasteiger partial charge in [-0.05, 0) is 6.92 Å². The summed E-state index contributed by atoms with van der Waals surface area (Å²) in [5.74, 6) is 0.667. The Hall–Kier alpha value is -1.02. The van der Waals surface area contributed by atoms with Crippen molar-refractivity contribution in [1.82, 2.24) is 20.1 Å². The van der Waals surface area contributed by atoms with Gasteiger partial charge in [-0.2, -0.15) is 8.42 Å². The minimum absolute atomic E-state index is 0.132. The third-order valence-corrected chi connectivity index (χ3v) is 3.16. The molecule has 1 N–H and O–H groups in total. The molecule has 0 amide bonds. The van der Waals surface area contributed by atoms with Gasteiger partial charge in [0, 0.05) is 25.6 Å². The molecule has 0 aromatic carbocycles. The van der Waals surface area contributed by atoms with Gasteiger partial charge in [0.2, 0.25) is 0 Å². The van der Waals surface area contributed by atoms with E-state index in [0.29, 0.717) is 12.4 Å². The zero-order valence-corrected chi connectivity index (χ0v) is 8.96. The van der Waals surface area contributed by atoms with Crippen molar-refractivity contribution < 1.29 is 12.3 Å². The number of aromatic nitrogens is 3. The van der Waals surface area contributed by atoms with Crippen LogP contribution in [0.1, 0.15) is 18.7 Å². The molecule has 1 aliphatic rings. The molecule has 2 heterocycles. The summed E-state index contributed by atoms with van der Waals surface area (Å²) in [5, 5.41) is 9.56. The lowest BCUT2D eigenvalue weighted by Gasteiger charge is -2.26. The van der Waals surface area contributed by atoms with Crippen LogP contribution in [0.25, 0.3) is 0 Å². The molecule has 0 radical (unpaired) electrons. The van der Waals surface area contributed by atoms with E-state index in [9.17, 15) is 12.3 Å². The molecule has 1 saturated heterocycles. The van der Waals surface area contributed by atoms with E-state index in [1.54, 1.807) is 6.92 Å². The van der Waals surface area contributed by atoms with Crippen LogP contribution < -0.4 is 5.32 Å². The zero-order chi connectivity index (χ0) is 11.1. The summed E-state index contributed by atoms with van der Waals surface area (Å²) in [6.45, 7) is 3.53. The second kappa shape index (κ2) is 3.53. The summed E-state index contributed by atoms with van der Waals surface area (Å²) in [4.78, 5) is 0. The van der Waals surface area contributed by atoms with Crippen molar-refractivity contribution in [2.24, 2.45) is 0 Å². The Labute approximate surface area is 86.7 Å². The first kappa shape index (κ1) is 10.5. The average molecular weight is 234 g/mol. The van der Waals surface area contributed by atoms with Gasteiger partial charge in [0.25, 0.3) is 5.16 Å². The molecule has 0 aliphatic carbocycles. The van der Waals surface area contributed by atoms with Crippen LogP contribution in [0.2, 0.25) is 0 Å². The van der Waals surface area contributed by atoms with Crippen molar-refractivity contribution in [3.05, 3.63) is 5.82 Å². The highest BCUT2D eigenvalue weighted by molar-refractivity contribution is 7.86. The molecule has 15 heavy (non-hydrogen) atoms. The fraction of sp³-hybridized carbons (Fsp3) is 0.714. The van der Waals surface area contributed by atoms with Crippen molar-refractivity contribution in [3.8, 4) is 0 Å². The Morgan fingerprint density at radius 1 is 1.53 bits per heavy atom. The maximum Gasteiger partial charge on any atom is 0.368 e. The van der Waals surface area contributed by atoms with Gasteiger partial charge in [-0.1, -0.05) is 3.89 Å². The highest BCUT2D eigenvalue weighted by Crippen LogP contribution is 2.21. The van der Waals surface area contributed by atoms with Crippen LogP contribution in [0.4, 0.5) is 3.89 Å². The predicted octanol–water partition coefficient (Wildman–Crippen LogP) is -0.357. The first-order valence-electron chi connectivity index (χ1n) is 4.62. The van der Waals surface area contributed by atoms with Crippen LogP contribution in [-0.2, 0) is 16.8 Å². The van der Waals surface area contributed by atoms with E-state index in [0.717, 1.165) is 13.1 Å². The van der Waals surface area contributed by atoms with Crippen molar-refractivity contribution in [3.63, 3.8) is 0 Å². The smallest absolute Gasteiger partial charge is 0.315 e. The molecule has 0 bridgehead atoms. The van der Waals surface area contributed by atoms with E-state index < -0.39 is 15.4 Å². The van der Waals surface area contributed by atoms with Gasteiger partial charge in [-0.3, -0.25) is 4.57 Å². The molecule has 0 saturated carbocycles. The Balaban J connectivity index is 2.45. The third-order valence-electron chi connectivity index (χ3n) is 2.43. The van der Waals surface area contributed by atoms with Crippen molar-refractivity contribution in [1.29, 1.82) is 0 Å². The lowest BCUT2D eigenvalue weighted by molar-refractivity contribution is 0.410. The fourth-order valence-electron chi connectivity index (χ4n) is 1.55. The van der Waals surface area contributed by atoms with Gasteiger partial charge < -0.3 is 5.32 Å². The first-order valence-corrected chi connectivity index (χ1v) is 6.01. The fourth-order valence-corrected chi connectivity index (χ4v) is 2.18. The maximum atomic E-state index is 12.8. The van der Waals surface area contributed by atoms with Crippen molar-refractivity contribution in [2.45, 2.75) is 24.5 Å². The van der Waals surface area contributed by atoms with E-state index in [1.807, 2.05) is 0 Å². The van der Waals surface area contributed by atoms with Crippen LogP contribution in [-0.4, -0.2) is 36.3 Å². The van der Waals surface area contributed by atoms with E-state index in [4.69, 9.17) is 0 Å². The summed E-state index contributed by atoms with van der Waals surface area (Å²) in [5.41, 5.74) is 0. The molecule has 1 fully saturated rings. The van der Waals surface area contributed by atoms with Gasteiger partial charge in [0.05, 0.1) is 0 Å². The Kier molecular flexibility index (Phi) is 2.47. The standard InChI is InChI=1S/C7H11FN4O2S/c1-2-12-6(5-3-9-4-5)10-11-7(12)15(8,13)14/h5,9H,2-4H2,1H3. The van der Waals surface area contributed by atoms with E-state index >= 15 is 0 Å². The molecule has 8 heteroatoms. The monoisotopic (exact) mass is 234 g/mol. The summed E-state index contributed by atoms with van der Waals surface area (Å²) < 4.78 is 35.6. The van der Waals surface area contributed by atoms with Crippen LogP contribution in [0, 0.1) is 0 Å². The highest BCUT2D eigenvalue weighted by Gasteiger charge is 2.29. The van der Waals surface area contributed by atoms with Gasteiger partial charge in [-0.15, -0.1) is 10.2 Å². The molecule has 1 aromatic heterocycles. The van der Waals surface area contributed by atoms with E-state index in [2.05, 4.69) is 15.5 Å². The molecule has 0 atom stereocenters. The number of nitrogens with zero attached hydrogens (tertiary/aromatic N) is 3. The Morgan fingerprint density at radius 2 is 2.20 bits per heavy atom. The maximum absolute atomic E-state index is 12.8. The molecule has 6 nitrogen and oxygen atoms in total. The number of hydrogen-bond donors (Lipinski definition) is 1. The van der Waals surface area contributed by atoms with Crippen molar-refractivity contribution >= 4 is 10.2 Å².